The van der Waals surface area contributed by atoms with Crippen molar-refractivity contribution in [1.82, 2.24) is 9.55 Å². The van der Waals surface area contributed by atoms with Gasteiger partial charge in [0.1, 0.15) is 18.3 Å². The lowest BCUT2D eigenvalue weighted by Crippen LogP contribution is -2.38. The Kier molecular flexibility index (Phi) is 3.41. The second kappa shape index (κ2) is 4.84. The van der Waals surface area contributed by atoms with Gasteiger partial charge in [-0.3, -0.25) is 14.3 Å². The molecule has 1 unspecified atom stereocenters. The van der Waals surface area contributed by atoms with Crippen molar-refractivity contribution in [2.24, 2.45) is 0 Å². The van der Waals surface area contributed by atoms with Gasteiger partial charge in [0.05, 0.1) is 0 Å². The first-order chi connectivity index (χ1) is 8.58. The van der Waals surface area contributed by atoms with Gasteiger partial charge in [-0.15, -0.1) is 0 Å². The third kappa shape index (κ3) is 2.01. The molecule has 0 radical (unpaired) electrons. The van der Waals surface area contributed by atoms with Crippen molar-refractivity contribution in [3.05, 3.63) is 33.1 Å². The lowest BCUT2D eigenvalue weighted by atomic mass is 10.1. The van der Waals surface area contributed by atoms with Crippen molar-refractivity contribution in [1.29, 1.82) is 0 Å². The van der Waals surface area contributed by atoms with Crippen LogP contribution in [0.2, 0.25) is 0 Å². The molecule has 1 saturated heterocycles. The van der Waals surface area contributed by atoms with E-state index in [0.29, 0.717) is 6.29 Å². The second-order valence-electron chi connectivity index (χ2n) is 3.84. The van der Waals surface area contributed by atoms with Gasteiger partial charge in [-0.2, -0.15) is 0 Å². The SMILES string of the molecule is CO[C@H]1C(O)[C@@H](C=O)O[C@H]1n1ccc(=O)[nH]c1=O. The molecule has 0 saturated carbocycles. The molecule has 2 N–H and O–H groups in total. The molecule has 0 aliphatic carbocycles. The van der Waals surface area contributed by atoms with E-state index in [1.807, 2.05) is 0 Å². The number of aromatic nitrogens is 2. The number of nitrogens with zero attached hydrogens (tertiary/aromatic N) is 1. The van der Waals surface area contributed by atoms with Crippen LogP contribution in [0.1, 0.15) is 6.23 Å². The first kappa shape index (κ1) is 12.7. The zero-order chi connectivity index (χ0) is 13.3. The van der Waals surface area contributed by atoms with E-state index < -0.39 is 35.8 Å². The Morgan fingerprint density at radius 1 is 1.56 bits per heavy atom. The van der Waals surface area contributed by atoms with E-state index in [2.05, 4.69) is 4.98 Å². The molecule has 0 amide bonds. The van der Waals surface area contributed by atoms with E-state index >= 15 is 0 Å². The fourth-order valence-corrected chi connectivity index (χ4v) is 1.89. The van der Waals surface area contributed by atoms with Crippen molar-refractivity contribution in [3.63, 3.8) is 0 Å². The van der Waals surface area contributed by atoms with E-state index in [4.69, 9.17) is 9.47 Å². The lowest BCUT2D eigenvalue weighted by Gasteiger charge is -2.19. The Morgan fingerprint density at radius 3 is 2.83 bits per heavy atom. The van der Waals surface area contributed by atoms with Gasteiger partial charge in [-0.25, -0.2) is 4.79 Å². The quantitative estimate of drug-likeness (QED) is 0.606. The van der Waals surface area contributed by atoms with Crippen molar-refractivity contribution in [2.75, 3.05) is 7.11 Å². The minimum Gasteiger partial charge on any atom is -0.387 e. The monoisotopic (exact) mass is 256 g/mol. The van der Waals surface area contributed by atoms with Crippen LogP contribution in [0.3, 0.4) is 0 Å². The Hall–Kier alpha value is -1.77. The van der Waals surface area contributed by atoms with Gasteiger partial charge < -0.3 is 19.4 Å². The third-order valence-corrected chi connectivity index (χ3v) is 2.78. The standard InChI is InChI=1S/C10H12N2O6/c1-17-8-7(15)5(4-13)18-9(8)12-3-2-6(14)11-10(12)16/h2-5,7-9,15H,1H3,(H,11,14,16)/t5-,7?,8+,9-/m1/s1. The van der Waals surface area contributed by atoms with Crippen molar-refractivity contribution in [2.45, 2.75) is 24.5 Å². The predicted molar refractivity (Wildman–Crippen MR) is 58.1 cm³/mol. The largest absolute Gasteiger partial charge is 0.387 e. The Morgan fingerprint density at radius 2 is 2.28 bits per heavy atom. The average molecular weight is 256 g/mol. The molecule has 8 heteroatoms. The first-order valence-corrected chi connectivity index (χ1v) is 5.21. The Labute approximate surface area is 101 Å². The molecule has 0 aromatic carbocycles. The smallest absolute Gasteiger partial charge is 0.330 e. The van der Waals surface area contributed by atoms with Gasteiger partial charge in [0.25, 0.3) is 5.56 Å². The van der Waals surface area contributed by atoms with Crippen LogP contribution in [0.5, 0.6) is 0 Å². The third-order valence-electron chi connectivity index (χ3n) is 2.78. The molecule has 18 heavy (non-hydrogen) atoms. The van der Waals surface area contributed by atoms with E-state index in [1.165, 1.54) is 13.3 Å². The predicted octanol–water partition coefficient (Wildman–Crippen LogP) is -1.99. The van der Waals surface area contributed by atoms with Crippen LogP contribution in [0, 0.1) is 0 Å². The number of aliphatic hydroxyl groups is 1. The number of rotatable bonds is 3. The highest BCUT2D eigenvalue weighted by Gasteiger charge is 2.45. The number of carbonyl (C=O) groups is 1. The molecular formula is C10H12N2O6. The van der Waals surface area contributed by atoms with Crippen LogP contribution in [-0.4, -0.2) is 46.4 Å². The van der Waals surface area contributed by atoms with Crippen LogP contribution in [0.15, 0.2) is 21.9 Å². The molecule has 2 rings (SSSR count). The number of aliphatic hydroxyl groups excluding tert-OH is 1. The topological polar surface area (TPSA) is 111 Å². The van der Waals surface area contributed by atoms with Crippen LogP contribution in [0.4, 0.5) is 0 Å². The van der Waals surface area contributed by atoms with Gasteiger partial charge >= 0.3 is 5.69 Å². The van der Waals surface area contributed by atoms with Crippen LogP contribution in [0.25, 0.3) is 0 Å². The minimum absolute atomic E-state index is 0.438. The normalized spacial score (nSPS) is 31.4. The summed E-state index contributed by atoms with van der Waals surface area (Å²) in [5.74, 6) is 0. The summed E-state index contributed by atoms with van der Waals surface area (Å²) < 4.78 is 11.3. The van der Waals surface area contributed by atoms with Crippen LogP contribution >= 0.6 is 0 Å². The van der Waals surface area contributed by atoms with E-state index in [0.717, 1.165) is 10.6 Å². The summed E-state index contributed by atoms with van der Waals surface area (Å²) in [5, 5.41) is 9.76. The molecule has 4 atom stereocenters. The fourth-order valence-electron chi connectivity index (χ4n) is 1.89. The van der Waals surface area contributed by atoms with Crippen LogP contribution in [-0.2, 0) is 14.3 Å². The maximum atomic E-state index is 11.6. The highest BCUT2D eigenvalue weighted by molar-refractivity contribution is 5.58. The molecule has 0 bridgehead atoms. The van der Waals surface area contributed by atoms with Crippen molar-refractivity contribution < 1.29 is 19.4 Å². The fraction of sp³-hybridized carbons (Fsp3) is 0.500. The van der Waals surface area contributed by atoms with Gasteiger partial charge in [0, 0.05) is 19.4 Å². The molecule has 0 spiro atoms. The summed E-state index contributed by atoms with van der Waals surface area (Å²) in [6.07, 6.45) is -2.42. The molecule has 1 aromatic rings. The number of aldehydes is 1. The minimum atomic E-state index is -1.17. The summed E-state index contributed by atoms with van der Waals surface area (Å²) in [6.45, 7) is 0. The number of aromatic amines is 1. The molecule has 98 valence electrons. The zero-order valence-electron chi connectivity index (χ0n) is 9.48. The summed E-state index contributed by atoms with van der Waals surface area (Å²) in [5.41, 5.74) is -1.25. The summed E-state index contributed by atoms with van der Waals surface area (Å²) in [7, 11) is 1.33. The number of nitrogens with one attached hydrogen (secondary N) is 1. The highest BCUT2D eigenvalue weighted by atomic mass is 16.6. The number of hydrogen-bond acceptors (Lipinski definition) is 6. The average Bonchev–Trinajstić information content (AvgIpc) is 2.65. The summed E-state index contributed by atoms with van der Waals surface area (Å²) in [6, 6.07) is 1.14. The molecule has 1 aromatic heterocycles. The van der Waals surface area contributed by atoms with E-state index in [-0.39, 0.29) is 0 Å². The number of ether oxygens (including phenoxy) is 2. The first-order valence-electron chi connectivity index (χ1n) is 5.21. The van der Waals surface area contributed by atoms with E-state index in [9.17, 15) is 19.5 Å². The number of hydrogen-bond donors (Lipinski definition) is 2. The molecule has 8 nitrogen and oxygen atoms in total. The van der Waals surface area contributed by atoms with Gasteiger partial charge in [0.15, 0.2) is 12.5 Å². The molecule has 1 aliphatic heterocycles. The van der Waals surface area contributed by atoms with Crippen molar-refractivity contribution >= 4 is 6.29 Å². The maximum absolute atomic E-state index is 11.6. The van der Waals surface area contributed by atoms with Gasteiger partial charge in [0.2, 0.25) is 0 Å². The molecule has 1 fully saturated rings. The second-order valence-corrected chi connectivity index (χ2v) is 3.84. The molecular weight excluding hydrogens is 244 g/mol. The molecule has 1 aliphatic rings. The Bertz CT molecular complexity index is 550. The lowest BCUT2D eigenvalue weighted by molar-refractivity contribution is -0.122. The Balaban J connectivity index is 2.40. The van der Waals surface area contributed by atoms with Gasteiger partial charge in [-0.1, -0.05) is 0 Å². The maximum Gasteiger partial charge on any atom is 0.330 e. The highest BCUT2D eigenvalue weighted by Crippen LogP contribution is 2.29. The summed E-state index contributed by atoms with van der Waals surface area (Å²) in [4.78, 5) is 35.3. The number of H-pyrrole nitrogens is 1. The van der Waals surface area contributed by atoms with Crippen LogP contribution < -0.4 is 11.2 Å². The zero-order valence-corrected chi connectivity index (χ0v) is 9.48. The summed E-state index contributed by atoms with van der Waals surface area (Å²) >= 11 is 0. The molecule has 2 heterocycles. The number of methoxy groups -OCH3 is 1. The van der Waals surface area contributed by atoms with E-state index in [1.54, 1.807) is 0 Å². The van der Waals surface area contributed by atoms with Gasteiger partial charge in [-0.05, 0) is 0 Å². The van der Waals surface area contributed by atoms with Crippen molar-refractivity contribution in [3.8, 4) is 0 Å². The number of carbonyl (C=O) groups excluding carboxylic acids is 1.